The van der Waals surface area contributed by atoms with Gasteiger partial charge in [0.1, 0.15) is 7.41 Å². The Bertz CT molecular complexity index is 384. The van der Waals surface area contributed by atoms with Crippen LogP contribution in [-0.2, 0) is 0 Å². The van der Waals surface area contributed by atoms with Crippen LogP contribution in [0.4, 0.5) is 0 Å². The molecule has 0 aliphatic heterocycles. The molecular formula is C12H13BN2. The standard InChI is InChI=1S/C12H13BN2/c1-2-15(13-11-14)10-6-9-12-7-4-3-5-8-12/h3-5,7-8,15H,2,10H2,1H3. The normalized spacial score (nSPS) is 10.9. The maximum Gasteiger partial charge on any atom is 0.126 e. The van der Waals surface area contributed by atoms with Crippen LogP contribution in [0.25, 0.3) is 0 Å². The maximum atomic E-state index is 8.51. The van der Waals surface area contributed by atoms with Crippen LogP contribution in [-0.4, -0.2) is 20.5 Å². The highest BCUT2D eigenvalue weighted by Crippen LogP contribution is 1.93. The van der Waals surface area contributed by atoms with Crippen LogP contribution in [0.3, 0.4) is 0 Å². The van der Waals surface area contributed by atoms with E-state index in [0.29, 0.717) is 6.54 Å². The van der Waals surface area contributed by atoms with E-state index in [1.54, 1.807) is 7.41 Å². The summed E-state index contributed by atoms with van der Waals surface area (Å²) in [6.07, 6.45) is 0. The Morgan fingerprint density at radius 1 is 1.33 bits per heavy atom. The van der Waals surface area contributed by atoms with E-state index in [9.17, 15) is 0 Å². The van der Waals surface area contributed by atoms with Crippen LogP contribution in [0.15, 0.2) is 30.3 Å². The molecule has 2 nitrogen and oxygen atoms in total. The smallest absolute Gasteiger partial charge is 0.126 e. The van der Waals surface area contributed by atoms with Crippen molar-refractivity contribution in [3.05, 3.63) is 35.9 Å². The molecule has 0 aliphatic carbocycles. The number of nitrogens with one attached hydrogen (secondary N) is 1. The number of hydrogen-bond acceptors (Lipinski definition) is 1. The van der Waals surface area contributed by atoms with Gasteiger partial charge in [-0.1, -0.05) is 24.1 Å². The minimum Gasteiger partial charge on any atom is -0.548 e. The molecular weight excluding hydrogens is 183 g/mol. The van der Waals surface area contributed by atoms with E-state index in [0.717, 1.165) is 16.9 Å². The third-order valence-electron chi connectivity index (χ3n) is 2.04. The number of quaternary nitrogens is 1. The highest BCUT2D eigenvalue weighted by atomic mass is 15.0. The molecule has 0 fully saturated rings. The average Bonchev–Trinajstić information content (AvgIpc) is 2.29. The Balaban J connectivity index is 2.49. The van der Waals surface area contributed by atoms with Crippen molar-refractivity contribution in [2.24, 2.45) is 0 Å². The summed E-state index contributed by atoms with van der Waals surface area (Å²) in [7, 11) is 1.58. The summed E-state index contributed by atoms with van der Waals surface area (Å²) in [6, 6.07) is 9.86. The van der Waals surface area contributed by atoms with Gasteiger partial charge in [0.25, 0.3) is 0 Å². The SMILES string of the molecule is CC[NH+]([B-]C#N)CC#Cc1ccccc1. The van der Waals surface area contributed by atoms with Gasteiger partial charge < -0.3 is 4.81 Å². The van der Waals surface area contributed by atoms with Gasteiger partial charge in [-0.2, -0.15) is 0 Å². The molecule has 1 atom stereocenters. The first-order valence-corrected chi connectivity index (χ1v) is 4.98. The summed E-state index contributed by atoms with van der Waals surface area (Å²) in [5.74, 6) is 8.17. The van der Waals surface area contributed by atoms with Crippen LogP contribution < -0.4 is 4.81 Å². The molecule has 0 aliphatic rings. The van der Waals surface area contributed by atoms with Crippen molar-refractivity contribution < 1.29 is 4.81 Å². The van der Waals surface area contributed by atoms with Gasteiger partial charge in [-0.3, -0.25) is 0 Å². The van der Waals surface area contributed by atoms with E-state index in [4.69, 9.17) is 5.26 Å². The van der Waals surface area contributed by atoms with Crippen molar-refractivity contribution in [1.82, 2.24) is 0 Å². The van der Waals surface area contributed by atoms with Crippen LogP contribution in [0, 0.1) is 23.1 Å². The van der Waals surface area contributed by atoms with E-state index in [2.05, 4.69) is 11.8 Å². The second kappa shape index (κ2) is 6.70. The second-order valence-electron chi connectivity index (χ2n) is 3.13. The fraction of sp³-hybridized carbons (Fsp3) is 0.250. The van der Waals surface area contributed by atoms with Gasteiger partial charge in [0.15, 0.2) is 0 Å². The minimum atomic E-state index is 0.680. The fourth-order valence-electron chi connectivity index (χ4n) is 1.15. The maximum absolute atomic E-state index is 8.51. The quantitative estimate of drug-likeness (QED) is 0.536. The number of rotatable bonds is 3. The van der Waals surface area contributed by atoms with E-state index >= 15 is 0 Å². The lowest BCUT2D eigenvalue weighted by Crippen LogP contribution is -3.13. The third kappa shape index (κ3) is 4.36. The first-order valence-electron chi connectivity index (χ1n) is 4.98. The molecule has 0 spiro atoms. The molecule has 1 aromatic rings. The average molecular weight is 196 g/mol. The van der Waals surface area contributed by atoms with E-state index in [-0.39, 0.29) is 0 Å². The van der Waals surface area contributed by atoms with Crippen LogP contribution in [0.2, 0.25) is 0 Å². The predicted octanol–water partition coefficient (Wildman–Crippen LogP) is 0.0432. The molecule has 0 saturated heterocycles. The summed E-state index contributed by atoms with van der Waals surface area (Å²) >= 11 is 0. The lowest BCUT2D eigenvalue weighted by Gasteiger charge is -2.21. The number of hydrogen-bond donors (Lipinski definition) is 1. The fourth-order valence-corrected chi connectivity index (χ4v) is 1.15. The highest BCUT2D eigenvalue weighted by molar-refractivity contribution is 6.35. The van der Waals surface area contributed by atoms with Crippen molar-refractivity contribution in [2.45, 2.75) is 6.92 Å². The third-order valence-corrected chi connectivity index (χ3v) is 2.04. The van der Waals surface area contributed by atoms with Gasteiger partial charge in [0.05, 0.1) is 6.54 Å². The summed E-state index contributed by atoms with van der Waals surface area (Å²) in [6.45, 7) is 3.60. The van der Waals surface area contributed by atoms with Gasteiger partial charge in [0.2, 0.25) is 0 Å². The zero-order valence-electron chi connectivity index (χ0n) is 8.83. The molecule has 1 N–H and O–H groups in total. The molecule has 3 heteroatoms. The lowest BCUT2D eigenvalue weighted by molar-refractivity contribution is -0.771. The van der Waals surface area contributed by atoms with E-state index in [1.807, 2.05) is 43.2 Å². The summed E-state index contributed by atoms with van der Waals surface area (Å²) < 4.78 is 0. The molecule has 0 bridgehead atoms. The molecule has 15 heavy (non-hydrogen) atoms. The van der Waals surface area contributed by atoms with Crippen molar-refractivity contribution in [2.75, 3.05) is 13.1 Å². The summed E-state index contributed by atoms with van der Waals surface area (Å²) in [5, 5.41) is 8.51. The highest BCUT2D eigenvalue weighted by Gasteiger charge is 1.90. The van der Waals surface area contributed by atoms with Crippen LogP contribution >= 0.6 is 0 Å². The van der Waals surface area contributed by atoms with Crippen molar-refractivity contribution in [1.29, 1.82) is 5.26 Å². The molecule has 2 radical (unpaired) electrons. The molecule has 0 saturated carbocycles. The molecule has 0 aromatic heterocycles. The Morgan fingerprint density at radius 3 is 2.67 bits per heavy atom. The number of benzene rings is 1. The van der Waals surface area contributed by atoms with Crippen molar-refractivity contribution in [3.8, 4) is 17.8 Å². The molecule has 0 amide bonds. The zero-order valence-corrected chi connectivity index (χ0v) is 8.83. The molecule has 1 rings (SSSR count). The first-order chi connectivity index (χ1) is 7.36. The Morgan fingerprint density at radius 2 is 2.07 bits per heavy atom. The Hall–Kier alpha value is -1.71. The van der Waals surface area contributed by atoms with Crippen molar-refractivity contribution in [3.63, 3.8) is 0 Å². The van der Waals surface area contributed by atoms with Crippen LogP contribution in [0.1, 0.15) is 12.5 Å². The van der Waals surface area contributed by atoms with Crippen LogP contribution in [0.5, 0.6) is 0 Å². The largest absolute Gasteiger partial charge is 0.548 e. The summed E-state index contributed by atoms with van der Waals surface area (Å²) in [4.78, 5) is 1.08. The van der Waals surface area contributed by atoms with Gasteiger partial charge in [-0.05, 0) is 25.0 Å². The topological polar surface area (TPSA) is 28.2 Å². The summed E-state index contributed by atoms with van der Waals surface area (Å²) in [5.41, 5.74) is 1.02. The van der Waals surface area contributed by atoms with Crippen molar-refractivity contribution >= 4 is 7.41 Å². The van der Waals surface area contributed by atoms with E-state index in [1.165, 1.54) is 0 Å². The molecule has 0 heterocycles. The Kier molecular flexibility index (Phi) is 5.08. The second-order valence-corrected chi connectivity index (χ2v) is 3.13. The van der Waals surface area contributed by atoms with Gasteiger partial charge in [0, 0.05) is 12.1 Å². The number of nitrogens with zero attached hydrogens (tertiary/aromatic N) is 1. The zero-order chi connectivity index (χ0) is 10.9. The molecule has 1 aromatic carbocycles. The van der Waals surface area contributed by atoms with Gasteiger partial charge in [-0.15, -0.1) is 5.97 Å². The minimum absolute atomic E-state index is 0.680. The monoisotopic (exact) mass is 196 g/mol. The molecule has 74 valence electrons. The molecule has 1 unspecified atom stereocenters. The van der Waals surface area contributed by atoms with E-state index < -0.39 is 0 Å². The first kappa shape index (κ1) is 11.4. The van der Waals surface area contributed by atoms with Gasteiger partial charge >= 0.3 is 0 Å². The lowest BCUT2D eigenvalue weighted by atomic mass is 9.95. The predicted molar refractivity (Wildman–Crippen MR) is 61.1 cm³/mol. The van der Waals surface area contributed by atoms with Gasteiger partial charge in [-0.25, -0.2) is 5.26 Å². The number of nitriles is 1. The Labute approximate surface area is 91.8 Å².